The fraction of sp³-hybridized carbons (Fsp3) is 0.231. The number of nitrogens with zero attached hydrogens (tertiary/aromatic N) is 1. The van der Waals surface area contributed by atoms with Crippen LogP contribution < -0.4 is 10.2 Å². The molecular weight excluding hydrogens is 388 g/mol. The number of amides is 1. The summed E-state index contributed by atoms with van der Waals surface area (Å²) in [6.45, 7) is 6.67. The molecule has 1 heterocycles. The smallest absolute Gasteiger partial charge is 0.257 e. The monoisotopic (exact) mass is 414 g/mol. The highest BCUT2D eigenvalue weighted by Gasteiger charge is 2.46. The molecule has 0 spiro atoms. The summed E-state index contributed by atoms with van der Waals surface area (Å²) in [7, 11) is 0. The lowest BCUT2D eigenvalue weighted by atomic mass is 9.65. The van der Waals surface area contributed by atoms with Gasteiger partial charge in [0.05, 0.1) is 0 Å². The fourth-order valence-electron chi connectivity index (χ4n) is 4.76. The molecule has 152 valence electrons. The van der Waals surface area contributed by atoms with Gasteiger partial charge in [0, 0.05) is 22.2 Å². The van der Waals surface area contributed by atoms with Crippen LogP contribution in [0.1, 0.15) is 48.7 Å². The number of fused-ring (bicyclic) bond motifs is 1. The second-order valence-electron chi connectivity index (χ2n) is 8.67. The number of benzene rings is 3. The molecule has 0 unspecified atom stereocenters. The Bertz CT molecular complexity index is 1080. The van der Waals surface area contributed by atoms with E-state index < -0.39 is 0 Å². The number of hydrogen-bond acceptors (Lipinski definition) is 2. The third-order valence-electron chi connectivity index (χ3n) is 6.00. The van der Waals surface area contributed by atoms with Crippen molar-refractivity contribution in [3.63, 3.8) is 0 Å². The van der Waals surface area contributed by atoms with Crippen LogP contribution >= 0.6 is 12.2 Å². The minimum absolute atomic E-state index is 0.156. The predicted octanol–water partition coefficient (Wildman–Crippen LogP) is 5.70. The van der Waals surface area contributed by atoms with Gasteiger partial charge >= 0.3 is 0 Å². The third kappa shape index (κ3) is 3.52. The van der Waals surface area contributed by atoms with E-state index in [1.807, 2.05) is 30.3 Å². The van der Waals surface area contributed by atoms with Gasteiger partial charge in [-0.05, 0) is 61.8 Å². The maximum atomic E-state index is 12.7. The van der Waals surface area contributed by atoms with Crippen molar-refractivity contribution in [2.45, 2.75) is 38.1 Å². The van der Waals surface area contributed by atoms with Gasteiger partial charge in [-0.1, -0.05) is 73.7 Å². The highest BCUT2D eigenvalue weighted by Crippen LogP contribution is 2.50. The Labute approximate surface area is 183 Å². The molecule has 0 aromatic heterocycles. The maximum Gasteiger partial charge on any atom is 0.257 e. The van der Waals surface area contributed by atoms with Crippen molar-refractivity contribution in [3.8, 4) is 0 Å². The summed E-state index contributed by atoms with van der Waals surface area (Å²) in [5, 5.41) is 3.38. The third-order valence-corrected chi connectivity index (χ3v) is 6.29. The highest BCUT2D eigenvalue weighted by atomic mass is 32.1. The predicted molar refractivity (Wildman–Crippen MR) is 127 cm³/mol. The van der Waals surface area contributed by atoms with Gasteiger partial charge in [-0.2, -0.15) is 0 Å². The Morgan fingerprint density at radius 2 is 1.43 bits per heavy atom. The molecule has 3 aromatic rings. The molecule has 0 saturated heterocycles. The number of hydrogen-bond donors (Lipinski definition) is 1. The number of carbonyl (C=O) groups is 1. The van der Waals surface area contributed by atoms with Crippen molar-refractivity contribution in [2.24, 2.45) is 0 Å². The zero-order valence-electron chi connectivity index (χ0n) is 17.6. The number of nitrogens with one attached hydrogen (secondary N) is 1. The van der Waals surface area contributed by atoms with Crippen LogP contribution in [0, 0.1) is 0 Å². The summed E-state index contributed by atoms with van der Waals surface area (Å²) < 4.78 is 0. The Morgan fingerprint density at radius 1 is 0.867 bits per heavy atom. The largest absolute Gasteiger partial charge is 0.313 e. The molecule has 0 bridgehead atoms. The van der Waals surface area contributed by atoms with E-state index in [2.05, 4.69) is 73.5 Å². The number of carbonyl (C=O) groups excluding carboxylic acids is 1. The Balaban J connectivity index is 1.74. The molecule has 1 amide bonds. The van der Waals surface area contributed by atoms with Crippen LogP contribution in [0.5, 0.6) is 0 Å². The molecule has 0 radical (unpaired) electrons. The molecule has 4 rings (SSSR count). The average molecular weight is 415 g/mol. The Kier molecular flexibility index (Phi) is 5.20. The normalized spacial score (nSPS) is 19.6. The van der Waals surface area contributed by atoms with Crippen LogP contribution in [-0.2, 0) is 5.41 Å². The number of anilines is 1. The molecule has 1 aliphatic rings. The second kappa shape index (κ2) is 7.69. The molecule has 3 nitrogen and oxygen atoms in total. The van der Waals surface area contributed by atoms with Gasteiger partial charge in [0.2, 0.25) is 0 Å². The van der Waals surface area contributed by atoms with Crippen molar-refractivity contribution in [1.82, 2.24) is 5.32 Å². The summed E-state index contributed by atoms with van der Waals surface area (Å²) in [4.78, 5) is 14.8. The van der Waals surface area contributed by atoms with E-state index in [1.54, 1.807) is 12.1 Å². The van der Waals surface area contributed by atoms with Crippen molar-refractivity contribution in [3.05, 3.63) is 102 Å². The van der Waals surface area contributed by atoms with E-state index in [1.165, 1.54) is 11.1 Å². The molecule has 0 fully saturated rings. The van der Waals surface area contributed by atoms with Gasteiger partial charge in [-0.25, -0.2) is 0 Å². The lowest BCUT2D eigenvalue weighted by molar-refractivity contribution is 0.0976. The standard InChI is InChI=1S/C26H26N2OS/c1-25(2)18-26(3,20-14-8-5-9-15-20)21-16-10-11-17-22(21)28(25)24(30)27-23(29)19-12-6-4-7-13-19/h4-17H,18H2,1-3H3,(H,27,29,30)/t26-/m0/s1. The number of thiocarbonyl (C=S) groups is 1. The minimum atomic E-state index is -0.292. The van der Waals surface area contributed by atoms with E-state index in [0.717, 1.165) is 12.1 Å². The quantitative estimate of drug-likeness (QED) is 0.546. The first-order valence-corrected chi connectivity index (χ1v) is 10.6. The lowest BCUT2D eigenvalue weighted by Crippen LogP contribution is -2.59. The van der Waals surface area contributed by atoms with Crippen LogP contribution in [0.2, 0.25) is 0 Å². The Hall–Kier alpha value is -2.98. The first-order valence-electron chi connectivity index (χ1n) is 10.2. The highest BCUT2D eigenvalue weighted by molar-refractivity contribution is 7.80. The molecule has 1 N–H and O–H groups in total. The Morgan fingerprint density at radius 3 is 2.10 bits per heavy atom. The first-order chi connectivity index (χ1) is 14.3. The van der Waals surface area contributed by atoms with E-state index in [9.17, 15) is 4.79 Å². The second-order valence-corrected chi connectivity index (χ2v) is 9.05. The van der Waals surface area contributed by atoms with Gasteiger partial charge < -0.3 is 4.90 Å². The van der Waals surface area contributed by atoms with Crippen LogP contribution in [0.25, 0.3) is 0 Å². The SMILES string of the molecule is CC1(C)C[C@@](C)(c2ccccc2)c2ccccc2N1C(=S)NC(=O)c1ccccc1. The molecule has 1 atom stereocenters. The van der Waals surface area contributed by atoms with Gasteiger partial charge in [0.25, 0.3) is 5.91 Å². The van der Waals surface area contributed by atoms with Crippen LogP contribution in [0.4, 0.5) is 5.69 Å². The van der Waals surface area contributed by atoms with Gasteiger partial charge in [0.15, 0.2) is 5.11 Å². The van der Waals surface area contributed by atoms with Gasteiger partial charge in [-0.15, -0.1) is 0 Å². The fourth-order valence-corrected chi connectivity index (χ4v) is 5.20. The topological polar surface area (TPSA) is 32.3 Å². The zero-order valence-corrected chi connectivity index (χ0v) is 18.4. The summed E-state index contributed by atoms with van der Waals surface area (Å²) in [5.41, 5.74) is 3.68. The number of rotatable bonds is 2. The molecule has 1 aliphatic heterocycles. The maximum absolute atomic E-state index is 12.7. The molecule has 0 saturated carbocycles. The van der Waals surface area contributed by atoms with Crippen LogP contribution in [-0.4, -0.2) is 16.6 Å². The first kappa shape index (κ1) is 20.3. The summed E-state index contributed by atoms with van der Waals surface area (Å²) >= 11 is 5.76. The van der Waals surface area contributed by atoms with E-state index >= 15 is 0 Å². The van der Waals surface area contributed by atoms with E-state index in [0.29, 0.717) is 10.7 Å². The molecule has 3 aromatic carbocycles. The lowest BCUT2D eigenvalue weighted by Gasteiger charge is -2.52. The number of para-hydroxylation sites is 1. The van der Waals surface area contributed by atoms with Crippen LogP contribution in [0.15, 0.2) is 84.9 Å². The summed E-state index contributed by atoms with van der Waals surface area (Å²) in [6, 6.07) is 28.2. The van der Waals surface area contributed by atoms with Gasteiger partial charge in [0.1, 0.15) is 0 Å². The summed E-state index contributed by atoms with van der Waals surface area (Å²) in [6.07, 6.45) is 0.863. The van der Waals surface area contributed by atoms with E-state index in [-0.39, 0.29) is 16.9 Å². The van der Waals surface area contributed by atoms with Crippen molar-refractivity contribution >= 4 is 28.9 Å². The van der Waals surface area contributed by atoms with Gasteiger partial charge in [-0.3, -0.25) is 10.1 Å². The molecule has 0 aliphatic carbocycles. The average Bonchev–Trinajstić information content (AvgIpc) is 2.74. The van der Waals surface area contributed by atoms with E-state index in [4.69, 9.17) is 12.2 Å². The molecular formula is C26H26N2OS. The molecule has 4 heteroatoms. The van der Waals surface area contributed by atoms with Crippen molar-refractivity contribution < 1.29 is 4.79 Å². The van der Waals surface area contributed by atoms with Crippen molar-refractivity contribution in [1.29, 1.82) is 0 Å². The minimum Gasteiger partial charge on any atom is -0.313 e. The summed E-state index contributed by atoms with van der Waals surface area (Å²) in [5.74, 6) is -0.190. The molecule has 30 heavy (non-hydrogen) atoms. The zero-order chi connectivity index (χ0) is 21.4. The van der Waals surface area contributed by atoms with Crippen molar-refractivity contribution in [2.75, 3.05) is 4.90 Å². The van der Waals surface area contributed by atoms with Crippen LogP contribution in [0.3, 0.4) is 0 Å².